The molecule has 0 aliphatic carbocycles. The second-order valence-corrected chi connectivity index (χ2v) is 5.95. The first-order valence-electron chi connectivity index (χ1n) is 7.15. The molecule has 0 bridgehead atoms. The van der Waals surface area contributed by atoms with Gasteiger partial charge in [-0.25, -0.2) is 9.97 Å². The minimum absolute atomic E-state index is 0.00483. The highest BCUT2D eigenvalue weighted by Crippen LogP contribution is 2.35. The van der Waals surface area contributed by atoms with Crippen LogP contribution in [0.1, 0.15) is 5.56 Å². The minimum atomic E-state index is -0.591. The summed E-state index contributed by atoms with van der Waals surface area (Å²) in [6.45, 7) is 1.89. The summed E-state index contributed by atoms with van der Waals surface area (Å²) in [4.78, 5) is 22.9. The Hall–Kier alpha value is -3.07. The molecule has 0 saturated carbocycles. The van der Waals surface area contributed by atoms with Crippen molar-refractivity contribution in [2.75, 3.05) is 5.32 Å². The van der Waals surface area contributed by atoms with Crippen molar-refractivity contribution in [1.29, 1.82) is 0 Å². The van der Waals surface area contributed by atoms with Gasteiger partial charge in [0.2, 0.25) is 5.82 Å². The highest BCUT2D eigenvalue weighted by atomic mass is 79.9. The van der Waals surface area contributed by atoms with E-state index in [1.165, 1.54) is 6.33 Å². The van der Waals surface area contributed by atoms with Crippen molar-refractivity contribution in [3.63, 3.8) is 0 Å². The van der Waals surface area contributed by atoms with Gasteiger partial charge in [-0.2, -0.15) is 4.98 Å². The van der Waals surface area contributed by atoms with E-state index >= 15 is 0 Å². The van der Waals surface area contributed by atoms with Gasteiger partial charge in [0, 0.05) is 10.7 Å². The van der Waals surface area contributed by atoms with Gasteiger partial charge < -0.3 is 10.1 Å². The van der Waals surface area contributed by atoms with Crippen molar-refractivity contribution in [3.8, 4) is 11.6 Å². The van der Waals surface area contributed by atoms with Gasteiger partial charge in [0.05, 0.1) is 4.92 Å². The van der Waals surface area contributed by atoms with Crippen LogP contribution in [0.5, 0.6) is 11.6 Å². The number of anilines is 2. The van der Waals surface area contributed by atoms with E-state index in [4.69, 9.17) is 4.74 Å². The molecular weight excluding hydrogens is 390 g/mol. The third kappa shape index (κ3) is 4.07. The number of aromatic nitrogens is 3. The Labute approximate surface area is 151 Å². The Bertz CT molecular complexity index is 918. The highest BCUT2D eigenvalue weighted by molar-refractivity contribution is 9.10. The van der Waals surface area contributed by atoms with Crippen LogP contribution in [0.2, 0.25) is 0 Å². The van der Waals surface area contributed by atoms with Crippen LogP contribution in [0.3, 0.4) is 0 Å². The van der Waals surface area contributed by atoms with Gasteiger partial charge in [-0.15, -0.1) is 0 Å². The third-order valence-corrected chi connectivity index (χ3v) is 3.69. The lowest BCUT2D eigenvalue weighted by atomic mass is 10.3. The van der Waals surface area contributed by atoms with Crippen molar-refractivity contribution >= 4 is 33.3 Å². The molecule has 8 nitrogen and oxygen atoms in total. The SMILES string of the molecule is Cc1ccnc(Nc2ncnc(Oc3ccc(Br)cc3)c2[N+](=O)[O-])c1. The predicted octanol–water partition coefficient (Wildman–Crippen LogP) is 4.39. The molecule has 2 heterocycles. The molecule has 1 aromatic carbocycles. The topological polar surface area (TPSA) is 103 Å². The molecule has 2 aromatic heterocycles. The van der Waals surface area contributed by atoms with E-state index in [2.05, 4.69) is 36.2 Å². The number of aryl methyl sites for hydroxylation is 1. The van der Waals surface area contributed by atoms with Crippen LogP contribution in [0.15, 0.2) is 53.4 Å². The summed E-state index contributed by atoms with van der Waals surface area (Å²) in [5.74, 6) is 0.712. The van der Waals surface area contributed by atoms with Gasteiger partial charge in [0.1, 0.15) is 17.9 Å². The van der Waals surface area contributed by atoms with E-state index in [-0.39, 0.29) is 17.4 Å². The van der Waals surface area contributed by atoms with Crippen LogP contribution in [0.4, 0.5) is 17.3 Å². The number of nitrogens with zero attached hydrogens (tertiary/aromatic N) is 4. The van der Waals surface area contributed by atoms with E-state index < -0.39 is 4.92 Å². The van der Waals surface area contributed by atoms with Gasteiger partial charge in [0.25, 0.3) is 0 Å². The maximum atomic E-state index is 11.5. The molecule has 0 spiro atoms. The second-order valence-electron chi connectivity index (χ2n) is 5.03. The molecule has 0 aliphatic heterocycles. The number of halogens is 1. The van der Waals surface area contributed by atoms with E-state index in [1.807, 2.05) is 13.0 Å². The molecule has 3 rings (SSSR count). The maximum Gasteiger partial charge on any atom is 0.373 e. The lowest BCUT2D eigenvalue weighted by molar-refractivity contribution is -0.385. The summed E-state index contributed by atoms with van der Waals surface area (Å²) >= 11 is 3.32. The number of nitro groups is 1. The maximum absolute atomic E-state index is 11.5. The van der Waals surface area contributed by atoms with Gasteiger partial charge in [-0.05, 0) is 48.9 Å². The van der Waals surface area contributed by atoms with Crippen molar-refractivity contribution in [3.05, 3.63) is 69.1 Å². The lowest BCUT2D eigenvalue weighted by Gasteiger charge is -2.09. The van der Waals surface area contributed by atoms with Crippen molar-refractivity contribution in [2.24, 2.45) is 0 Å². The van der Waals surface area contributed by atoms with Gasteiger partial charge in [-0.1, -0.05) is 15.9 Å². The summed E-state index contributed by atoms with van der Waals surface area (Å²) in [6.07, 6.45) is 2.79. The van der Waals surface area contributed by atoms with Crippen LogP contribution in [-0.2, 0) is 0 Å². The van der Waals surface area contributed by atoms with Crippen molar-refractivity contribution in [2.45, 2.75) is 6.92 Å². The van der Waals surface area contributed by atoms with Gasteiger partial charge in [-0.3, -0.25) is 10.1 Å². The monoisotopic (exact) mass is 401 g/mol. The fourth-order valence-corrected chi connectivity index (χ4v) is 2.30. The number of benzene rings is 1. The van der Waals surface area contributed by atoms with Crippen LogP contribution >= 0.6 is 15.9 Å². The van der Waals surface area contributed by atoms with E-state index in [0.29, 0.717) is 11.6 Å². The number of hydrogen-bond acceptors (Lipinski definition) is 7. The van der Waals surface area contributed by atoms with Gasteiger partial charge >= 0.3 is 11.6 Å². The quantitative estimate of drug-likeness (QED) is 0.499. The first-order chi connectivity index (χ1) is 12.0. The lowest BCUT2D eigenvalue weighted by Crippen LogP contribution is -2.04. The molecule has 0 saturated heterocycles. The third-order valence-electron chi connectivity index (χ3n) is 3.16. The Balaban J connectivity index is 1.96. The number of rotatable bonds is 5. The summed E-state index contributed by atoms with van der Waals surface area (Å²) in [5, 5.41) is 14.4. The molecule has 0 fully saturated rings. The summed E-state index contributed by atoms with van der Waals surface area (Å²) in [5.41, 5.74) is 0.592. The molecule has 0 radical (unpaired) electrons. The predicted molar refractivity (Wildman–Crippen MR) is 95.2 cm³/mol. The molecule has 1 N–H and O–H groups in total. The zero-order valence-corrected chi connectivity index (χ0v) is 14.6. The van der Waals surface area contributed by atoms with E-state index in [1.54, 1.807) is 36.5 Å². The van der Waals surface area contributed by atoms with Crippen molar-refractivity contribution < 1.29 is 9.66 Å². The van der Waals surface area contributed by atoms with Crippen LogP contribution in [0, 0.1) is 17.0 Å². The number of hydrogen-bond donors (Lipinski definition) is 1. The fraction of sp³-hybridized carbons (Fsp3) is 0.0625. The molecule has 0 aliphatic rings. The molecule has 0 atom stereocenters. The van der Waals surface area contributed by atoms with E-state index in [9.17, 15) is 10.1 Å². The molecule has 3 aromatic rings. The zero-order chi connectivity index (χ0) is 17.8. The number of ether oxygens (including phenoxy) is 1. The minimum Gasteiger partial charge on any atom is -0.434 e. The Morgan fingerprint density at radius 2 is 1.92 bits per heavy atom. The zero-order valence-electron chi connectivity index (χ0n) is 13.0. The molecule has 0 unspecified atom stereocenters. The summed E-state index contributed by atoms with van der Waals surface area (Å²) in [7, 11) is 0. The van der Waals surface area contributed by atoms with Gasteiger partial charge in [0.15, 0.2) is 0 Å². The Kier molecular flexibility index (Phi) is 4.85. The first-order valence-corrected chi connectivity index (χ1v) is 7.95. The smallest absolute Gasteiger partial charge is 0.373 e. The molecule has 126 valence electrons. The fourth-order valence-electron chi connectivity index (χ4n) is 2.03. The van der Waals surface area contributed by atoms with Crippen LogP contribution in [-0.4, -0.2) is 19.9 Å². The Morgan fingerprint density at radius 1 is 1.16 bits per heavy atom. The van der Waals surface area contributed by atoms with E-state index in [0.717, 1.165) is 10.0 Å². The summed E-state index contributed by atoms with van der Waals surface area (Å²) < 4.78 is 6.42. The molecule has 25 heavy (non-hydrogen) atoms. The normalized spacial score (nSPS) is 10.3. The standard InChI is InChI=1S/C16H12BrN5O3/c1-10-6-7-18-13(8-10)21-15-14(22(23)24)16(20-9-19-15)25-12-4-2-11(17)3-5-12/h2-9H,1H3,(H,18,19,20,21). The Morgan fingerprint density at radius 3 is 2.60 bits per heavy atom. The molecular formula is C16H12BrN5O3. The second kappa shape index (κ2) is 7.22. The van der Waals surface area contributed by atoms with Crippen molar-refractivity contribution in [1.82, 2.24) is 15.0 Å². The average Bonchev–Trinajstić information content (AvgIpc) is 2.57. The molecule has 9 heteroatoms. The van der Waals surface area contributed by atoms with Crippen LogP contribution < -0.4 is 10.1 Å². The first kappa shape index (κ1) is 16.8. The highest BCUT2D eigenvalue weighted by Gasteiger charge is 2.25. The summed E-state index contributed by atoms with van der Waals surface area (Å²) in [6, 6.07) is 10.4. The van der Waals surface area contributed by atoms with Crippen LogP contribution in [0.25, 0.3) is 0 Å². The average molecular weight is 402 g/mol. The largest absolute Gasteiger partial charge is 0.434 e. The number of nitrogens with one attached hydrogen (secondary N) is 1. The number of pyridine rings is 1. The molecule has 0 amide bonds.